The van der Waals surface area contributed by atoms with Crippen LogP contribution >= 0.6 is 0 Å². The van der Waals surface area contributed by atoms with E-state index in [0.29, 0.717) is 31.2 Å². The Kier molecular flexibility index (Phi) is 5.11. The van der Waals surface area contributed by atoms with Gasteiger partial charge in [-0.05, 0) is 39.0 Å². The summed E-state index contributed by atoms with van der Waals surface area (Å²) in [6, 6.07) is 8.96. The molecule has 0 aliphatic heterocycles. The van der Waals surface area contributed by atoms with E-state index in [1.165, 1.54) is 0 Å². The molecule has 2 rings (SSSR count). The van der Waals surface area contributed by atoms with Gasteiger partial charge in [0.2, 0.25) is 0 Å². The molecule has 5 nitrogen and oxygen atoms in total. The van der Waals surface area contributed by atoms with Crippen LogP contribution in [0.1, 0.15) is 30.9 Å². The summed E-state index contributed by atoms with van der Waals surface area (Å²) in [7, 11) is 0. The fourth-order valence-electron chi connectivity index (χ4n) is 2.23. The van der Waals surface area contributed by atoms with Crippen molar-refractivity contribution in [1.82, 2.24) is 5.32 Å². The Hall–Kier alpha value is -1.98. The summed E-state index contributed by atoms with van der Waals surface area (Å²) in [5.41, 5.74) is -0.390. The van der Waals surface area contributed by atoms with Crippen LogP contribution in [0.5, 0.6) is 11.5 Å². The van der Waals surface area contributed by atoms with Gasteiger partial charge in [-0.1, -0.05) is 12.1 Å². The molecule has 1 atom stereocenters. The van der Waals surface area contributed by atoms with E-state index < -0.39 is 5.60 Å². The van der Waals surface area contributed by atoms with E-state index in [9.17, 15) is 10.2 Å². The highest BCUT2D eigenvalue weighted by Crippen LogP contribution is 2.30. The monoisotopic (exact) mass is 305 g/mol. The lowest BCUT2D eigenvalue weighted by Gasteiger charge is -2.21. The lowest BCUT2D eigenvalue weighted by atomic mass is 10.0. The van der Waals surface area contributed by atoms with Gasteiger partial charge in [-0.2, -0.15) is 0 Å². The fourth-order valence-corrected chi connectivity index (χ4v) is 2.23. The first kappa shape index (κ1) is 16.4. The summed E-state index contributed by atoms with van der Waals surface area (Å²) in [5.74, 6) is 1.88. The number of hydrogen-bond donors (Lipinski definition) is 3. The Morgan fingerprint density at radius 2 is 2.05 bits per heavy atom. The molecule has 0 spiro atoms. The third-order valence-corrected chi connectivity index (χ3v) is 3.44. The molecule has 120 valence electrons. The van der Waals surface area contributed by atoms with Gasteiger partial charge in [0.15, 0.2) is 11.5 Å². The number of aliphatic hydroxyl groups is 1. The van der Waals surface area contributed by atoms with E-state index in [0.717, 1.165) is 11.3 Å². The van der Waals surface area contributed by atoms with E-state index in [4.69, 9.17) is 9.15 Å². The van der Waals surface area contributed by atoms with Gasteiger partial charge in [0.05, 0.1) is 6.61 Å². The number of para-hydroxylation sites is 1. The maximum atomic E-state index is 10.4. The van der Waals surface area contributed by atoms with Crippen LogP contribution < -0.4 is 10.1 Å². The molecule has 22 heavy (non-hydrogen) atoms. The van der Waals surface area contributed by atoms with E-state index in [2.05, 4.69) is 5.32 Å². The number of furan rings is 1. The van der Waals surface area contributed by atoms with E-state index >= 15 is 0 Å². The predicted octanol–water partition coefficient (Wildman–Crippen LogP) is 2.69. The average molecular weight is 305 g/mol. The minimum atomic E-state index is -1.11. The molecular weight excluding hydrogens is 282 g/mol. The van der Waals surface area contributed by atoms with Gasteiger partial charge in [-0.15, -0.1) is 0 Å². The molecule has 0 saturated carbocycles. The van der Waals surface area contributed by atoms with Gasteiger partial charge in [0.25, 0.3) is 0 Å². The third-order valence-electron chi connectivity index (χ3n) is 3.44. The van der Waals surface area contributed by atoms with Crippen LogP contribution in [0, 0.1) is 6.92 Å². The van der Waals surface area contributed by atoms with E-state index in [1.807, 2.05) is 32.0 Å². The molecule has 3 N–H and O–H groups in total. The van der Waals surface area contributed by atoms with Crippen molar-refractivity contribution >= 4 is 0 Å². The summed E-state index contributed by atoms with van der Waals surface area (Å²) in [6.07, 6.45) is 0. The fraction of sp³-hybridized carbons (Fsp3) is 0.412. The van der Waals surface area contributed by atoms with Crippen LogP contribution in [0.4, 0.5) is 0 Å². The molecule has 1 aromatic heterocycles. The SMILES string of the molecule is CCOc1cccc(CNCC(C)(O)c2ccc(C)o2)c1O. The van der Waals surface area contributed by atoms with Crippen LogP contribution in [0.2, 0.25) is 0 Å². The lowest BCUT2D eigenvalue weighted by molar-refractivity contribution is 0.0332. The smallest absolute Gasteiger partial charge is 0.162 e. The van der Waals surface area contributed by atoms with Crippen LogP contribution in [-0.2, 0) is 12.1 Å². The van der Waals surface area contributed by atoms with Crippen LogP contribution in [0.25, 0.3) is 0 Å². The summed E-state index contributed by atoms with van der Waals surface area (Å²) in [4.78, 5) is 0. The Bertz CT molecular complexity index is 619. The Balaban J connectivity index is 1.97. The van der Waals surface area contributed by atoms with Gasteiger partial charge in [0, 0.05) is 18.7 Å². The maximum absolute atomic E-state index is 10.4. The Morgan fingerprint density at radius 3 is 2.68 bits per heavy atom. The molecule has 0 saturated heterocycles. The van der Waals surface area contributed by atoms with Gasteiger partial charge >= 0.3 is 0 Å². The number of rotatable bonds is 7. The number of nitrogens with one attached hydrogen (secondary N) is 1. The average Bonchev–Trinajstić information content (AvgIpc) is 2.90. The van der Waals surface area contributed by atoms with Gasteiger partial charge in [-0.3, -0.25) is 0 Å². The van der Waals surface area contributed by atoms with Crippen molar-refractivity contribution in [2.75, 3.05) is 13.2 Å². The highest BCUT2D eigenvalue weighted by atomic mass is 16.5. The number of benzene rings is 1. The second-order valence-electron chi connectivity index (χ2n) is 5.48. The first-order chi connectivity index (χ1) is 10.4. The Morgan fingerprint density at radius 1 is 1.27 bits per heavy atom. The number of aromatic hydroxyl groups is 1. The largest absolute Gasteiger partial charge is 0.504 e. The number of phenols is 1. The van der Waals surface area contributed by atoms with Crippen molar-refractivity contribution in [3.63, 3.8) is 0 Å². The number of ether oxygens (including phenoxy) is 1. The highest BCUT2D eigenvalue weighted by molar-refractivity contribution is 5.45. The summed E-state index contributed by atoms with van der Waals surface area (Å²) < 4.78 is 10.8. The quantitative estimate of drug-likeness (QED) is 0.733. The summed E-state index contributed by atoms with van der Waals surface area (Å²) >= 11 is 0. The minimum Gasteiger partial charge on any atom is -0.504 e. The van der Waals surface area contributed by atoms with Gasteiger partial charge in [0.1, 0.15) is 17.1 Å². The van der Waals surface area contributed by atoms with E-state index in [-0.39, 0.29) is 5.75 Å². The van der Waals surface area contributed by atoms with Crippen molar-refractivity contribution < 1.29 is 19.4 Å². The molecule has 0 fully saturated rings. The normalized spacial score (nSPS) is 13.8. The van der Waals surface area contributed by atoms with Crippen molar-refractivity contribution in [2.24, 2.45) is 0 Å². The molecule has 1 aromatic carbocycles. The molecular formula is C17H23NO4. The van der Waals surface area contributed by atoms with Crippen LogP contribution in [0.3, 0.4) is 0 Å². The van der Waals surface area contributed by atoms with Crippen molar-refractivity contribution in [3.8, 4) is 11.5 Å². The van der Waals surface area contributed by atoms with Crippen LogP contribution in [0.15, 0.2) is 34.7 Å². The predicted molar refractivity (Wildman–Crippen MR) is 84.0 cm³/mol. The minimum absolute atomic E-state index is 0.130. The van der Waals surface area contributed by atoms with Crippen LogP contribution in [-0.4, -0.2) is 23.4 Å². The molecule has 0 aliphatic carbocycles. The zero-order valence-corrected chi connectivity index (χ0v) is 13.2. The molecule has 1 unspecified atom stereocenters. The Labute approximate surface area is 130 Å². The number of phenolic OH excluding ortho intramolecular Hbond substituents is 1. The second kappa shape index (κ2) is 6.85. The molecule has 2 aromatic rings. The second-order valence-corrected chi connectivity index (χ2v) is 5.48. The van der Waals surface area contributed by atoms with Gasteiger partial charge in [-0.25, -0.2) is 0 Å². The zero-order chi connectivity index (χ0) is 16.2. The molecule has 0 amide bonds. The van der Waals surface area contributed by atoms with Crippen molar-refractivity contribution in [1.29, 1.82) is 0 Å². The van der Waals surface area contributed by atoms with E-state index in [1.54, 1.807) is 19.1 Å². The highest BCUT2D eigenvalue weighted by Gasteiger charge is 2.26. The van der Waals surface area contributed by atoms with Crippen molar-refractivity contribution in [3.05, 3.63) is 47.4 Å². The first-order valence-electron chi connectivity index (χ1n) is 7.37. The summed E-state index contributed by atoms with van der Waals surface area (Å²) in [6.45, 7) is 6.61. The standard InChI is InChI=1S/C17H23NO4/c1-4-21-14-7-5-6-13(16(14)19)10-18-11-17(3,20)15-9-8-12(2)22-15/h5-9,18-20H,4,10-11H2,1-3H3. The lowest BCUT2D eigenvalue weighted by Crippen LogP contribution is -2.34. The molecule has 0 bridgehead atoms. The topological polar surface area (TPSA) is 74.9 Å². The molecule has 0 radical (unpaired) electrons. The summed E-state index contributed by atoms with van der Waals surface area (Å²) in [5, 5.41) is 23.7. The number of aryl methyl sites for hydroxylation is 1. The van der Waals surface area contributed by atoms with Crippen molar-refractivity contribution in [2.45, 2.75) is 32.9 Å². The third kappa shape index (κ3) is 3.81. The number of hydrogen-bond acceptors (Lipinski definition) is 5. The zero-order valence-electron chi connectivity index (χ0n) is 13.2. The molecule has 0 aliphatic rings. The molecule has 5 heteroatoms. The maximum Gasteiger partial charge on any atom is 0.162 e. The molecule has 1 heterocycles. The van der Waals surface area contributed by atoms with Gasteiger partial charge < -0.3 is 24.7 Å². The first-order valence-corrected chi connectivity index (χ1v) is 7.37.